The smallest absolute Gasteiger partial charge is 0.462 e. The molecule has 0 spiro atoms. The average molecular weight is 1010 g/mol. The van der Waals surface area contributed by atoms with Crippen LogP contribution in [0.4, 0.5) is 4.79 Å². The van der Waals surface area contributed by atoms with Crippen molar-refractivity contribution in [3.05, 3.63) is 60.7 Å². The van der Waals surface area contributed by atoms with Crippen molar-refractivity contribution >= 4 is 54.7 Å². The summed E-state index contributed by atoms with van der Waals surface area (Å²) >= 11 is 17.5. The molecule has 6 atom stereocenters. The predicted molar refractivity (Wildman–Crippen MR) is 260 cm³/mol. The Labute approximate surface area is 409 Å². The summed E-state index contributed by atoms with van der Waals surface area (Å²) < 4.78 is 54.0. The first-order valence-electron chi connectivity index (χ1n) is 24.4. The fourth-order valence-corrected chi connectivity index (χ4v) is 9.36. The standard InChI is InChI=1S/C49H77Cl3NO12P/c1-3-5-7-9-11-13-14-16-18-20-28-34-43(55)61-39(29-23-19-17-15-12-10-8-6-4-2)35-36-59-46-44(53-48(57)60-38-49(50,51)52)47(56)62-42(37-54)45(46)65-66(58,63-40-30-24-21-25-31-40)64-41-32-26-22-27-33-41/h21-22,24-27,30-33,39,42,44-47,54,56H,3-20,23,28-29,34-38H2,1-2H3,(H,53,57)/t39-,42-,44-,45-,46-,47+/m1/s1. The molecule has 0 aliphatic carbocycles. The van der Waals surface area contributed by atoms with E-state index in [1.165, 1.54) is 77.0 Å². The molecular formula is C49H77Cl3NO12P. The van der Waals surface area contributed by atoms with Crippen LogP contribution in [-0.2, 0) is 32.8 Å². The number of hydrogen-bond acceptors (Lipinski definition) is 12. The van der Waals surface area contributed by atoms with Crippen molar-refractivity contribution in [1.82, 2.24) is 5.32 Å². The number of carbonyl (C=O) groups excluding carboxylic acids is 2. The van der Waals surface area contributed by atoms with Gasteiger partial charge in [0.25, 0.3) is 0 Å². The number of alkyl carbamates (subject to hydrolysis) is 1. The van der Waals surface area contributed by atoms with E-state index in [0.717, 1.165) is 51.4 Å². The van der Waals surface area contributed by atoms with Crippen LogP contribution < -0.4 is 14.4 Å². The fourth-order valence-electron chi connectivity index (χ4n) is 7.76. The third-order valence-corrected chi connectivity index (χ3v) is 13.0. The Balaban J connectivity index is 1.78. The molecule has 13 nitrogen and oxygen atoms in total. The molecular weight excluding hydrogens is 932 g/mol. The van der Waals surface area contributed by atoms with Gasteiger partial charge in [0.2, 0.25) is 3.79 Å². The summed E-state index contributed by atoms with van der Waals surface area (Å²) in [5, 5.41) is 24.3. The molecule has 1 amide bonds. The number of amides is 1. The molecule has 1 heterocycles. The molecule has 66 heavy (non-hydrogen) atoms. The molecule has 0 radical (unpaired) electrons. The van der Waals surface area contributed by atoms with Gasteiger partial charge in [0.05, 0.1) is 13.2 Å². The summed E-state index contributed by atoms with van der Waals surface area (Å²) in [6.45, 7) is 3.00. The number of ether oxygens (including phenoxy) is 4. The van der Waals surface area contributed by atoms with E-state index in [1.54, 1.807) is 60.7 Å². The van der Waals surface area contributed by atoms with E-state index < -0.39 is 67.7 Å². The van der Waals surface area contributed by atoms with E-state index in [0.29, 0.717) is 12.8 Å². The number of phosphoric acid groups is 1. The molecule has 1 saturated heterocycles. The Morgan fingerprint density at radius 2 is 1.20 bits per heavy atom. The molecule has 0 aromatic heterocycles. The summed E-state index contributed by atoms with van der Waals surface area (Å²) in [6.07, 6.45) is 16.6. The van der Waals surface area contributed by atoms with Gasteiger partial charge >= 0.3 is 19.9 Å². The van der Waals surface area contributed by atoms with Crippen LogP contribution in [0.25, 0.3) is 0 Å². The molecule has 0 saturated carbocycles. The highest BCUT2D eigenvalue weighted by atomic mass is 35.6. The largest absolute Gasteiger partial charge is 0.588 e. The van der Waals surface area contributed by atoms with Gasteiger partial charge in [0.15, 0.2) is 6.29 Å². The van der Waals surface area contributed by atoms with Gasteiger partial charge in [-0.2, -0.15) is 0 Å². The molecule has 2 aromatic carbocycles. The first-order chi connectivity index (χ1) is 31.9. The van der Waals surface area contributed by atoms with Crippen LogP contribution in [0.5, 0.6) is 11.5 Å². The zero-order valence-corrected chi connectivity index (χ0v) is 42.3. The average Bonchev–Trinajstić information content (AvgIpc) is 3.29. The first kappa shape index (κ1) is 58.0. The van der Waals surface area contributed by atoms with E-state index in [2.05, 4.69) is 19.2 Å². The minimum absolute atomic E-state index is 0.0754. The van der Waals surface area contributed by atoms with E-state index in [4.69, 9.17) is 67.3 Å². The number of hydrogen-bond donors (Lipinski definition) is 3. The van der Waals surface area contributed by atoms with Crippen LogP contribution in [0.15, 0.2) is 60.7 Å². The number of esters is 1. The highest BCUT2D eigenvalue weighted by Crippen LogP contribution is 2.52. The monoisotopic (exact) mass is 1010 g/mol. The highest BCUT2D eigenvalue weighted by molar-refractivity contribution is 7.49. The SMILES string of the molecule is CCCCCCCCCCCCCC(=O)O[C@H](CCCCCCCCCCC)CCO[C@@H]1[C@@H](NC(=O)OCC(Cl)(Cl)Cl)[C@@H](O)O[C@H](CO)[C@H]1OP(=O)(Oc1ccccc1)Oc1ccccc1. The normalized spacial score (nSPS) is 19.2. The van der Waals surface area contributed by atoms with E-state index in [1.807, 2.05) is 0 Å². The molecule has 1 fully saturated rings. The Kier molecular flexibility index (Phi) is 29.9. The number of rotatable bonds is 36. The minimum Gasteiger partial charge on any atom is -0.462 e. The number of aliphatic hydroxyl groups is 2. The lowest BCUT2D eigenvalue weighted by atomic mass is 9.96. The molecule has 2 aromatic rings. The number of benzene rings is 2. The van der Waals surface area contributed by atoms with Crippen molar-refractivity contribution in [2.24, 2.45) is 0 Å². The maximum Gasteiger partial charge on any atom is 0.588 e. The van der Waals surface area contributed by atoms with E-state index >= 15 is 0 Å². The number of carbonyl (C=O) groups is 2. The van der Waals surface area contributed by atoms with E-state index in [9.17, 15) is 24.4 Å². The van der Waals surface area contributed by atoms with Crippen molar-refractivity contribution in [2.75, 3.05) is 19.8 Å². The summed E-state index contributed by atoms with van der Waals surface area (Å²) in [5.41, 5.74) is 0. The first-order valence-corrected chi connectivity index (χ1v) is 27.0. The molecule has 1 aliphatic heterocycles. The van der Waals surface area contributed by atoms with Crippen LogP contribution in [0, 0.1) is 0 Å². The van der Waals surface area contributed by atoms with Crippen LogP contribution in [-0.4, -0.2) is 82.6 Å². The Morgan fingerprint density at radius 1 is 0.712 bits per heavy atom. The molecule has 0 unspecified atom stereocenters. The molecule has 376 valence electrons. The van der Waals surface area contributed by atoms with Gasteiger partial charge in [0.1, 0.15) is 48.6 Å². The number of halogens is 3. The van der Waals surface area contributed by atoms with Crippen LogP contribution >= 0.6 is 42.6 Å². The Bertz CT molecular complexity index is 1570. The second-order valence-corrected chi connectivity index (χ2v) is 21.1. The number of nitrogens with one attached hydrogen (secondary N) is 1. The third-order valence-electron chi connectivity index (χ3n) is 11.3. The number of para-hydroxylation sites is 2. The lowest BCUT2D eigenvalue weighted by Gasteiger charge is -2.44. The van der Waals surface area contributed by atoms with Gasteiger partial charge in [-0.15, -0.1) is 0 Å². The molecule has 17 heteroatoms. The lowest BCUT2D eigenvalue weighted by molar-refractivity contribution is -0.258. The summed E-state index contributed by atoms with van der Waals surface area (Å²) in [5.74, 6) is 0.0137. The summed E-state index contributed by atoms with van der Waals surface area (Å²) in [7, 11) is -4.68. The molecule has 0 bridgehead atoms. The zero-order valence-electron chi connectivity index (χ0n) is 39.2. The van der Waals surface area contributed by atoms with Crippen molar-refractivity contribution < 1.29 is 56.9 Å². The van der Waals surface area contributed by atoms with Crippen molar-refractivity contribution in [3.63, 3.8) is 0 Å². The molecule has 1 aliphatic rings. The quantitative estimate of drug-likeness (QED) is 0.0256. The van der Waals surface area contributed by atoms with Crippen molar-refractivity contribution in [2.45, 2.75) is 202 Å². The van der Waals surface area contributed by atoms with Crippen LogP contribution in [0.2, 0.25) is 0 Å². The van der Waals surface area contributed by atoms with Gasteiger partial charge in [-0.1, -0.05) is 201 Å². The Morgan fingerprint density at radius 3 is 1.68 bits per heavy atom. The maximum absolute atomic E-state index is 14.7. The third kappa shape index (κ3) is 25.3. The topological polar surface area (TPSA) is 168 Å². The predicted octanol–water partition coefficient (Wildman–Crippen LogP) is 13.1. The van der Waals surface area contributed by atoms with E-state index in [-0.39, 0.29) is 30.5 Å². The second-order valence-electron chi connectivity index (χ2n) is 17.1. The summed E-state index contributed by atoms with van der Waals surface area (Å²) in [6, 6.07) is 14.9. The van der Waals surface area contributed by atoms with Gasteiger partial charge in [-0.3, -0.25) is 9.32 Å². The Hall–Kier alpha value is -2.32. The fraction of sp³-hybridized carbons (Fsp3) is 0.714. The van der Waals surface area contributed by atoms with Gasteiger partial charge < -0.3 is 43.5 Å². The lowest BCUT2D eigenvalue weighted by Crippen LogP contribution is -2.65. The molecule has 3 rings (SSSR count). The number of alkyl halides is 3. The van der Waals surface area contributed by atoms with Crippen molar-refractivity contribution in [1.29, 1.82) is 0 Å². The number of unbranched alkanes of at least 4 members (excludes halogenated alkanes) is 18. The highest BCUT2D eigenvalue weighted by Gasteiger charge is 2.52. The van der Waals surface area contributed by atoms with Crippen LogP contribution in [0.1, 0.15) is 162 Å². The minimum atomic E-state index is -4.68. The zero-order chi connectivity index (χ0) is 47.9. The van der Waals surface area contributed by atoms with Gasteiger partial charge in [-0.25, -0.2) is 9.36 Å². The van der Waals surface area contributed by atoms with Crippen molar-refractivity contribution in [3.8, 4) is 11.5 Å². The number of phosphoric ester groups is 1. The van der Waals surface area contributed by atoms with Crippen LogP contribution in [0.3, 0.4) is 0 Å². The second kappa shape index (κ2) is 34.1. The maximum atomic E-state index is 14.7. The number of aliphatic hydroxyl groups excluding tert-OH is 2. The van der Waals surface area contributed by atoms with Gasteiger partial charge in [0, 0.05) is 12.8 Å². The molecule has 3 N–H and O–H groups in total. The van der Waals surface area contributed by atoms with Gasteiger partial charge in [-0.05, 0) is 43.5 Å². The summed E-state index contributed by atoms with van der Waals surface area (Å²) in [4.78, 5) is 26.3.